The van der Waals surface area contributed by atoms with Crippen molar-refractivity contribution < 1.29 is 18.7 Å². The summed E-state index contributed by atoms with van der Waals surface area (Å²) in [6, 6.07) is 3.41. The molecule has 1 aromatic carbocycles. The Bertz CT molecular complexity index is 402. The fourth-order valence-corrected chi connectivity index (χ4v) is 1.77. The summed E-state index contributed by atoms with van der Waals surface area (Å²) in [4.78, 5) is 4.80. The van der Waals surface area contributed by atoms with E-state index in [1.807, 2.05) is 0 Å². The molecule has 5 heteroatoms. The highest BCUT2D eigenvalue weighted by atomic mass is 19.1. The van der Waals surface area contributed by atoms with Crippen molar-refractivity contribution in [1.29, 1.82) is 0 Å². The molecule has 0 heterocycles. The van der Waals surface area contributed by atoms with E-state index in [9.17, 15) is 4.39 Å². The third-order valence-electron chi connectivity index (χ3n) is 2.66. The van der Waals surface area contributed by atoms with Crippen molar-refractivity contribution in [2.24, 2.45) is 0 Å². The lowest BCUT2D eigenvalue weighted by Crippen LogP contribution is -2.18. The molecule has 0 aromatic heterocycles. The number of halogens is 1. The smallest absolute Gasteiger partial charge is 0.161 e. The molecule has 0 aliphatic rings. The number of rotatable bonds is 6. The van der Waals surface area contributed by atoms with Gasteiger partial charge in [0.05, 0.1) is 21.3 Å². The van der Waals surface area contributed by atoms with Gasteiger partial charge in [-0.1, -0.05) is 0 Å². The van der Waals surface area contributed by atoms with E-state index in [1.165, 1.54) is 28.1 Å². The average molecular weight is 257 g/mol. The molecule has 102 valence electrons. The monoisotopic (exact) mass is 257 g/mol. The molecular formula is C13H20FNO3. The molecule has 1 rings (SSSR count). The standard InChI is InChI=1S/C13H20FNO3/c1-13(2,14)10-7-12(17-4)11(16-3)6-9(10)8-15-18-5/h6-7,15H,8H2,1-5H3. The topological polar surface area (TPSA) is 39.7 Å². The van der Waals surface area contributed by atoms with Crippen LogP contribution in [-0.2, 0) is 17.1 Å². The van der Waals surface area contributed by atoms with Crippen molar-refractivity contribution in [3.05, 3.63) is 23.3 Å². The van der Waals surface area contributed by atoms with Crippen molar-refractivity contribution in [2.75, 3.05) is 21.3 Å². The van der Waals surface area contributed by atoms with Crippen molar-refractivity contribution in [1.82, 2.24) is 5.48 Å². The van der Waals surface area contributed by atoms with Gasteiger partial charge >= 0.3 is 0 Å². The molecule has 0 radical (unpaired) electrons. The number of hydrogen-bond acceptors (Lipinski definition) is 4. The van der Waals surface area contributed by atoms with Crippen LogP contribution >= 0.6 is 0 Å². The third kappa shape index (κ3) is 3.34. The number of benzene rings is 1. The molecular weight excluding hydrogens is 237 g/mol. The summed E-state index contributed by atoms with van der Waals surface area (Å²) >= 11 is 0. The van der Waals surface area contributed by atoms with Crippen LogP contribution < -0.4 is 15.0 Å². The van der Waals surface area contributed by atoms with Gasteiger partial charge in [0.15, 0.2) is 11.5 Å². The first-order valence-electron chi connectivity index (χ1n) is 5.64. The molecule has 0 atom stereocenters. The number of nitrogens with one attached hydrogen (secondary N) is 1. The van der Waals surface area contributed by atoms with E-state index in [0.29, 0.717) is 23.6 Å². The van der Waals surface area contributed by atoms with Gasteiger partial charge in [0, 0.05) is 6.54 Å². The normalized spacial score (nSPS) is 11.4. The summed E-state index contributed by atoms with van der Waals surface area (Å²) in [7, 11) is 4.59. The number of alkyl halides is 1. The maximum absolute atomic E-state index is 14.2. The fourth-order valence-electron chi connectivity index (χ4n) is 1.77. The van der Waals surface area contributed by atoms with Gasteiger partial charge in [-0.05, 0) is 37.1 Å². The highest BCUT2D eigenvalue weighted by Crippen LogP contribution is 2.36. The number of methoxy groups -OCH3 is 2. The maximum Gasteiger partial charge on any atom is 0.161 e. The molecule has 1 aromatic rings. The van der Waals surface area contributed by atoms with E-state index in [1.54, 1.807) is 19.2 Å². The molecule has 0 amide bonds. The average Bonchev–Trinajstić information content (AvgIpc) is 2.33. The van der Waals surface area contributed by atoms with Crippen LogP contribution in [0, 0.1) is 0 Å². The number of ether oxygens (including phenoxy) is 2. The first-order valence-corrected chi connectivity index (χ1v) is 5.64. The van der Waals surface area contributed by atoms with Gasteiger partial charge in [-0.3, -0.25) is 0 Å². The second kappa shape index (κ2) is 6.02. The van der Waals surface area contributed by atoms with Crippen LogP contribution in [0.15, 0.2) is 12.1 Å². The van der Waals surface area contributed by atoms with Crippen LogP contribution in [0.4, 0.5) is 4.39 Å². The second-order valence-electron chi connectivity index (χ2n) is 4.36. The molecule has 0 aliphatic heterocycles. The Morgan fingerprint density at radius 1 is 1.11 bits per heavy atom. The Labute approximate surface area is 107 Å². The predicted molar refractivity (Wildman–Crippen MR) is 67.5 cm³/mol. The van der Waals surface area contributed by atoms with E-state index in [2.05, 4.69) is 5.48 Å². The molecule has 1 N–H and O–H groups in total. The quantitative estimate of drug-likeness (QED) is 0.795. The Hall–Kier alpha value is -1.33. The van der Waals surface area contributed by atoms with Crippen LogP contribution in [0.25, 0.3) is 0 Å². The summed E-state index contributed by atoms with van der Waals surface area (Å²) in [5.74, 6) is 1.08. The largest absolute Gasteiger partial charge is 0.493 e. The van der Waals surface area contributed by atoms with Crippen molar-refractivity contribution in [2.45, 2.75) is 26.1 Å². The highest BCUT2D eigenvalue weighted by Gasteiger charge is 2.25. The SMILES string of the molecule is CONCc1cc(OC)c(OC)cc1C(C)(C)F. The number of hydroxylamine groups is 1. The Morgan fingerprint density at radius 3 is 2.11 bits per heavy atom. The van der Waals surface area contributed by atoms with Crippen molar-refractivity contribution in [3.8, 4) is 11.5 Å². The van der Waals surface area contributed by atoms with Crippen LogP contribution in [0.2, 0.25) is 0 Å². The molecule has 0 aliphatic carbocycles. The second-order valence-corrected chi connectivity index (χ2v) is 4.36. The minimum Gasteiger partial charge on any atom is -0.493 e. The van der Waals surface area contributed by atoms with Gasteiger partial charge in [-0.15, -0.1) is 0 Å². The minimum atomic E-state index is -1.47. The molecule has 0 unspecified atom stereocenters. The Balaban J connectivity index is 3.27. The van der Waals surface area contributed by atoms with E-state index < -0.39 is 5.67 Å². The van der Waals surface area contributed by atoms with Crippen molar-refractivity contribution in [3.63, 3.8) is 0 Å². The fraction of sp³-hybridized carbons (Fsp3) is 0.538. The van der Waals surface area contributed by atoms with E-state index in [-0.39, 0.29) is 0 Å². The van der Waals surface area contributed by atoms with Crippen LogP contribution in [0.3, 0.4) is 0 Å². The maximum atomic E-state index is 14.2. The van der Waals surface area contributed by atoms with Gasteiger partial charge in [-0.2, -0.15) is 5.48 Å². The summed E-state index contributed by atoms with van der Waals surface area (Å²) in [6.07, 6.45) is 0. The lowest BCUT2D eigenvalue weighted by atomic mass is 9.94. The first-order chi connectivity index (χ1) is 8.43. The minimum absolute atomic E-state index is 0.388. The zero-order valence-electron chi connectivity index (χ0n) is 11.5. The van der Waals surface area contributed by atoms with Gasteiger partial charge in [0.25, 0.3) is 0 Å². The summed E-state index contributed by atoms with van der Waals surface area (Å²) in [5, 5.41) is 0. The van der Waals surface area contributed by atoms with Gasteiger partial charge < -0.3 is 14.3 Å². The molecule has 4 nitrogen and oxygen atoms in total. The van der Waals surface area contributed by atoms with Gasteiger partial charge in [0.1, 0.15) is 5.67 Å². The summed E-state index contributed by atoms with van der Waals surface area (Å²) in [6.45, 7) is 3.40. The molecule has 0 bridgehead atoms. The van der Waals surface area contributed by atoms with Crippen LogP contribution in [0.1, 0.15) is 25.0 Å². The molecule has 0 fully saturated rings. The highest BCUT2D eigenvalue weighted by molar-refractivity contribution is 5.49. The van der Waals surface area contributed by atoms with E-state index in [0.717, 1.165) is 5.56 Å². The van der Waals surface area contributed by atoms with Crippen LogP contribution in [-0.4, -0.2) is 21.3 Å². The van der Waals surface area contributed by atoms with E-state index >= 15 is 0 Å². The first kappa shape index (κ1) is 14.7. The Kier molecular flexibility index (Phi) is 4.93. The molecule has 0 saturated heterocycles. The lowest BCUT2D eigenvalue weighted by Gasteiger charge is -2.21. The number of hydrogen-bond donors (Lipinski definition) is 1. The zero-order valence-corrected chi connectivity index (χ0v) is 11.5. The summed E-state index contributed by atoms with van der Waals surface area (Å²) < 4.78 is 24.6. The van der Waals surface area contributed by atoms with Crippen LogP contribution in [0.5, 0.6) is 11.5 Å². The predicted octanol–water partition coefficient (Wildman–Crippen LogP) is 2.56. The molecule has 0 saturated carbocycles. The van der Waals surface area contributed by atoms with E-state index in [4.69, 9.17) is 14.3 Å². The third-order valence-corrected chi connectivity index (χ3v) is 2.66. The van der Waals surface area contributed by atoms with Gasteiger partial charge in [-0.25, -0.2) is 4.39 Å². The van der Waals surface area contributed by atoms with Gasteiger partial charge in [0.2, 0.25) is 0 Å². The zero-order chi connectivity index (χ0) is 13.8. The Morgan fingerprint density at radius 2 is 1.67 bits per heavy atom. The molecule has 0 spiro atoms. The molecule has 18 heavy (non-hydrogen) atoms. The summed E-state index contributed by atoms with van der Waals surface area (Å²) in [5.41, 5.74) is 2.55. The lowest BCUT2D eigenvalue weighted by molar-refractivity contribution is 0.0855. The van der Waals surface area contributed by atoms with Crippen molar-refractivity contribution >= 4 is 0 Å².